The van der Waals surface area contributed by atoms with Crippen LogP contribution in [0.25, 0.3) is 0 Å². The van der Waals surface area contributed by atoms with Crippen molar-refractivity contribution in [2.24, 2.45) is 4.99 Å². The molecule has 3 nitrogen and oxygen atoms in total. The Hall–Kier alpha value is -1.25. The summed E-state index contributed by atoms with van der Waals surface area (Å²) in [4.78, 5) is 4.27. The van der Waals surface area contributed by atoms with E-state index in [0.29, 0.717) is 5.49 Å². The second kappa shape index (κ2) is 4.70. The molecule has 0 spiro atoms. The maximum Gasteiger partial charge on any atom is 0.163 e. The summed E-state index contributed by atoms with van der Waals surface area (Å²) in [6.45, 7) is 4.89. The van der Waals surface area contributed by atoms with Crippen LogP contribution in [0.3, 0.4) is 0 Å². The van der Waals surface area contributed by atoms with E-state index in [1.54, 1.807) is 6.20 Å². The van der Waals surface area contributed by atoms with Gasteiger partial charge in [0.2, 0.25) is 0 Å². The molecule has 0 amide bonds. The molecular weight excluding hydrogens is 164 g/mol. The Morgan fingerprint density at radius 3 is 3.00 bits per heavy atom. The number of hydrogen-bond donors (Lipinski definition) is 1. The first kappa shape index (κ1) is 9.84. The lowest BCUT2D eigenvalue weighted by Crippen LogP contribution is -2.18. The van der Waals surface area contributed by atoms with Gasteiger partial charge in [-0.3, -0.25) is 4.99 Å². The van der Waals surface area contributed by atoms with Crippen molar-refractivity contribution < 1.29 is 5.21 Å². The molecule has 0 aliphatic rings. The summed E-state index contributed by atoms with van der Waals surface area (Å²) in [5.74, 6) is 0. The highest BCUT2D eigenvalue weighted by molar-refractivity contribution is 5.06. The van der Waals surface area contributed by atoms with E-state index in [1.807, 2.05) is 19.1 Å². The molecule has 0 aromatic carbocycles. The van der Waals surface area contributed by atoms with Gasteiger partial charge in [0.15, 0.2) is 5.49 Å². The topological polar surface area (TPSA) is 37.5 Å². The van der Waals surface area contributed by atoms with Crippen LogP contribution in [-0.2, 0) is 0 Å². The summed E-state index contributed by atoms with van der Waals surface area (Å²) < 4.78 is 1.06. The van der Waals surface area contributed by atoms with Crippen molar-refractivity contribution in [3.63, 3.8) is 0 Å². The number of rotatable bonds is 3. The molecule has 0 atom stereocenters. The minimum Gasteiger partial charge on any atom is -0.427 e. The summed E-state index contributed by atoms with van der Waals surface area (Å²) in [7, 11) is 0. The van der Waals surface area contributed by atoms with Gasteiger partial charge in [-0.15, -0.1) is 0 Å². The fourth-order valence-electron chi connectivity index (χ4n) is 1.05. The Kier molecular flexibility index (Phi) is 3.55. The lowest BCUT2D eigenvalue weighted by molar-refractivity contribution is 0.171. The molecule has 72 valence electrons. The minimum absolute atomic E-state index is 0.633. The molecule has 0 saturated heterocycles. The Bertz CT molecular complexity index is 328. The second-order valence-electron chi connectivity index (χ2n) is 3.14. The van der Waals surface area contributed by atoms with E-state index in [1.165, 1.54) is 0 Å². The number of unbranched alkanes of at least 4 members (excludes halogenated alkanes) is 1. The van der Waals surface area contributed by atoms with Crippen LogP contribution < -0.4 is 5.49 Å². The average molecular weight is 180 g/mol. The van der Waals surface area contributed by atoms with E-state index in [-0.39, 0.29) is 0 Å². The first-order valence-electron chi connectivity index (χ1n) is 4.63. The van der Waals surface area contributed by atoms with E-state index >= 15 is 0 Å². The quantitative estimate of drug-likeness (QED) is 0.558. The monoisotopic (exact) mass is 180 g/mol. The molecule has 0 radical (unpaired) electrons. The number of pyridine rings is 1. The predicted octanol–water partition coefficient (Wildman–Crippen LogP) is 1.73. The summed E-state index contributed by atoms with van der Waals surface area (Å²) in [5.41, 5.74) is 1.74. The normalized spacial score (nSPS) is 12.0. The van der Waals surface area contributed by atoms with Gasteiger partial charge in [-0.2, -0.15) is 4.73 Å². The van der Waals surface area contributed by atoms with Gasteiger partial charge in [0.25, 0.3) is 0 Å². The highest BCUT2D eigenvalue weighted by atomic mass is 16.5. The molecule has 0 bridgehead atoms. The molecule has 0 unspecified atom stereocenters. The third kappa shape index (κ3) is 2.93. The van der Waals surface area contributed by atoms with E-state index in [2.05, 4.69) is 11.9 Å². The van der Waals surface area contributed by atoms with Crippen LogP contribution >= 0.6 is 0 Å². The van der Waals surface area contributed by atoms with Crippen molar-refractivity contribution in [1.29, 1.82) is 0 Å². The first-order valence-corrected chi connectivity index (χ1v) is 4.63. The van der Waals surface area contributed by atoms with E-state index in [9.17, 15) is 5.21 Å². The van der Waals surface area contributed by atoms with Crippen LogP contribution in [0.4, 0.5) is 0 Å². The van der Waals surface area contributed by atoms with Crippen molar-refractivity contribution >= 4 is 0 Å². The van der Waals surface area contributed by atoms with E-state index < -0.39 is 0 Å². The molecule has 0 fully saturated rings. The van der Waals surface area contributed by atoms with Crippen molar-refractivity contribution in [3.05, 3.63) is 29.4 Å². The highest BCUT2D eigenvalue weighted by Gasteiger charge is 1.89. The first-order chi connectivity index (χ1) is 6.24. The number of nitrogens with zero attached hydrogens (tertiary/aromatic N) is 2. The maximum atomic E-state index is 9.36. The Morgan fingerprint density at radius 1 is 1.54 bits per heavy atom. The molecule has 0 aliphatic carbocycles. The van der Waals surface area contributed by atoms with Gasteiger partial charge in [-0.25, -0.2) is 0 Å². The largest absolute Gasteiger partial charge is 0.427 e. The molecule has 13 heavy (non-hydrogen) atoms. The third-order valence-corrected chi connectivity index (χ3v) is 1.86. The lowest BCUT2D eigenvalue weighted by Gasteiger charge is -1.99. The van der Waals surface area contributed by atoms with Gasteiger partial charge >= 0.3 is 0 Å². The number of hydrogen-bond acceptors (Lipinski definition) is 2. The zero-order valence-electron chi connectivity index (χ0n) is 8.20. The Labute approximate surface area is 78.3 Å². The Balaban J connectivity index is 2.85. The highest BCUT2D eigenvalue weighted by Crippen LogP contribution is 1.90. The zero-order chi connectivity index (χ0) is 9.68. The molecule has 0 aliphatic heterocycles. The average Bonchev–Trinajstić information content (AvgIpc) is 2.11. The van der Waals surface area contributed by atoms with Crippen molar-refractivity contribution in [3.8, 4) is 0 Å². The number of aromatic nitrogens is 1. The van der Waals surface area contributed by atoms with E-state index in [0.717, 1.165) is 29.7 Å². The SMILES string of the molecule is CCCCN=c1cc(C)ccn1O. The van der Waals surface area contributed by atoms with E-state index in [4.69, 9.17) is 0 Å². The Morgan fingerprint density at radius 2 is 2.31 bits per heavy atom. The number of aryl methyl sites for hydroxylation is 1. The van der Waals surface area contributed by atoms with Gasteiger partial charge in [-0.1, -0.05) is 13.3 Å². The van der Waals surface area contributed by atoms with Crippen LogP contribution in [0.5, 0.6) is 0 Å². The van der Waals surface area contributed by atoms with Gasteiger partial charge in [0.05, 0.1) is 0 Å². The van der Waals surface area contributed by atoms with Crippen LogP contribution in [0.2, 0.25) is 0 Å². The van der Waals surface area contributed by atoms with Gasteiger partial charge in [0, 0.05) is 12.7 Å². The van der Waals surface area contributed by atoms with Gasteiger partial charge < -0.3 is 5.21 Å². The molecule has 1 aromatic heterocycles. The van der Waals surface area contributed by atoms with Crippen molar-refractivity contribution in [2.75, 3.05) is 6.54 Å². The molecule has 3 heteroatoms. The molecule has 0 saturated carbocycles. The summed E-state index contributed by atoms with van der Waals surface area (Å²) in [6.07, 6.45) is 3.80. The minimum atomic E-state index is 0.633. The fraction of sp³-hybridized carbons (Fsp3) is 0.500. The molecule has 1 heterocycles. The summed E-state index contributed by atoms with van der Waals surface area (Å²) in [5, 5.41) is 9.36. The summed E-state index contributed by atoms with van der Waals surface area (Å²) in [6, 6.07) is 3.72. The summed E-state index contributed by atoms with van der Waals surface area (Å²) >= 11 is 0. The molecule has 1 N–H and O–H groups in total. The third-order valence-electron chi connectivity index (χ3n) is 1.86. The van der Waals surface area contributed by atoms with Crippen LogP contribution in [-0.4, -0.2) is 16.5 Å². The molecule has 1 aromatic rings. The second-order valence-corrected chi connectivity index (χ2v) is 3.14. The predicted molar refractivity (Wildman–Crippen MR) is 51.7 cm³/mol. The smallest absolute Gasteiger partial charge is 0.163 e. The maximum absolute atomic E-state index is 9.36. The van der Waals surface area contributed by atoms with Crippen molar-refractivity contribution in [2.45, 2.75) is 26.7 Å². The standard InChI is InChI=1S/C10H16N2O/c1-3-4-6-11-10-8-9(2)5-7-12(10)13/h5,7-8,13H,3-4,6H2,1-2H3. The fourth-order valence-corrected chi connectivity index (χ4v) is 1.05. The van der Waals surface area contributed by atoms with Crippen LogP contribution in [0.1, 0.15) is 25.3 Å². The zero-order valence-corrected chi connectivity index (χ0v) is 8.20. The van der Waals surface area contributed by atoms with Crippen LogP contribution in [0, 0.1) is 6.92 Å². The van der Waals surface area contributed by atoms with Crippen molar-refractivity contribution in [1.82, 2.24) is 4.73 Å². The van der Waals surface area contributed by atoms with Gasteiger partial charge in [-0.05, 0) is 31.0 Å². The molecular formula is C10H16N2O. The van der Waals surface area contributed by atoms with Gasteiger partial charge in [0.1, 0.15) is 0 Å². The lowest BCUT2D eigenvalue weighted by atomic mass is 10.3. The molecule has 1 rings (SSSR count). The van der Waals surface area contributed by atoms with Crippen LogP contribution in [0.15, 0.2) is 23.3 Å².